The number of methoxy groups -OCH3 is 1. The molecule has 1 rings (SSSR count). The maximum absolute atomic E-state index is 11.9. The zero-order chi connectivity index (χ0) is 14.6. The van der Waals surface area contributed by atoms with Crippen LogP contribution in [0.2, 0.25) is 0 Å². The van der Waals surface area contributed by atoms with Crippen molar-refractivity contribution < 1.29 is 28.6 Å². The lowest BCUT2D eigenvalue weighted by molar-refractivity contribution is -0.154. The second kappa shape index (κ2) is 6.01. The summed E-state index contributed by atoms with van der Waals surface area (Å²) in [5.74, 6) is -0.916. The van der Waals surface area contributed by atoms with E-state index in [4.69, 9.17) is 9.47 Å². The van der Waals surface area contributed by atoms with Gasteiger partial charge in [0, 0.05) is 0 Å². The lowest BCUT2D eigenvalue weighted by Crippen LogP contribution is -2.43. The Morgan fingerprint density at radius 2 is 2.00 bits per heavy atom. The van der Waals surface area contributed by atoms with Crippen molar-refractivity contribution in [3.05, 3.63) is 0 Å². The highest BCUT2D eigenvalue weighted by molar-refractivity contribution is 5.87. The van der Waals surface area contributed by atoms with E-state index in [-0.39, 0.29) is 25.5 Å². The van der Waals surface area contributed by atoms with Gasteiger partial charge in [0.05, 0.1) is 20.2 Å². The number of carbonyl (C=O) groups is 3. The average molecular weight is 273 g/mol. The molecule has 0 spiro atoms. The summed E-state index contributed by atoms with van der Waals surface area (Å²) >= 11 is 0. The van der Waals surface area contributed by atoms with Crippen molar-refractivity contribution in [1.82, 2.24) is 4.90 Å². The fourth-order valence-corrected chi connectivity index (χ4v) is 1.51. The van der Waals surface area contributed by atoms with Gasteiger partial charge in [-0.1, -0.05) is 0 Å². The first-order valence-electron chi connectivity index (χ1n) is 5.92. The van der Waals surface area contributed by atoms with Gasteiger partial charge in [0.2, 0.25) is 0 Å². The molecule has 0 aliphatic carbocycles. The number of ketones is 1. The van der Waals surface area contributed by atoms with Gasteiger partial charge in [0.25, 0.3) is 0 Å². The molecule has 1 fully saturated rings. The minimum Gasteiger partial charge on any atom is -0.467 e. The van der Waals surface area contributed by atoms with E-state index in [9.17, 15) is 14.4 Å². The first kappa shape index (κ1) is 15.4. The highest BCUT2D eigenvalue weighted by Crippen LogP contribution is 2.13. The van der Waals surface area contributed by atoms with Gasteiger partial charge in [0.15, 0.2) is 11.9 Å². The van der Waals surface area contributed by atoms with E-state index in [2.05, 4.69) is 4.74 Å². The van der Waals surface area contributed by atoms with Gasteiger partial charge in [-0.15, -0.1) is 0 Å². The largest absolute Gasteiger partial charge is 0.467 e. The summed E-state index contributed by atoms with van der Waals surface area (Å²) in [6.45, 7) is 4.74. The molecule has 1 saturated heterocycles. The third-order valence-corrected chi connectivity index (χ3v) is 2.31. The van der Waals surface area contributed by atoms with Crippen molar-refractivity contribution >= 4 is 17.8 Å². The number of carbonyl (C=O) groups excluding carboxylic acids is 3. The number of rotatable bonds is 1. The number of amides is 1. The van der Waals surface area contributed by atoms with Crippen LogP contribution in [0.4, 0.5) is 4.79 Å². The molecule has 0 aromatic rings. The summed E-state index contributed by atoms with van der Waals surface area (Å²) in [5, 5.41) is 0. The normalized spacial score (nSPS) is 20.7. The fourth-order valence-electron chi connectivity index (χ4n) is 1.51. The Hall–Kier alpha value is -1.63. The van der Waals surface area contributed by atoms with Crippen molar-refractivity contribution in [2.75, 3.05) is 26.8 Å². The smallest absolute Gasteiger partial charge is 0.410 e. The first-order chi connectivity index (χ1) is 8.73. The minimum absolute atomic E-state index is 0.0622. The molecule has 1 amide bonds. The van der Waals surface area contributed by atoms with Crippen molar-refractivity contribution in [2.24, 2.45) is 0 Å². The van der Waals surface area contributed by atoms with Crippen LogP contribution in [0.15, 0.2) is 0 Å². The van der Waals surface area contributed by atoms with Crippen LogP contribution in [0.25, 0.3) is 0 Å². The highest BCUT2D eigenvalue weighted by Gasteiger charge is 2.33. The standard InChI is InChI=1S/C12H19NO6/c1-12(2,3)19-11(16)13-5-8(14)7-18-9(6-13)10(15)17-4/h9H,5-7H2,1-4H3/t9-/m0/s1. The minimum atomic E-state index is -0.969. The van der Waals surface area contributed by atoms with Crippen LogP contribution >= 0.6 is 0 Å². The first-order valence-corrected chi connectivity index (χ1v) is 5.92. The van der Waals surface area contributed by atoms with Gasteiger partial charge in [-0.3, -0.25) is 9.69 Å². The highest BCUT2D eigenvalue weighted by atomic mass is 16.6. The van der Waals surface area contributed by atoms with Crippen molar-refractivity contribution in [3.8, 4) is 0 Å². The second-order valence-electron chi connectivity index (χ2n) is 5.22. The van der Waals surface area contributed by atoms with Gasteiger partial charge in [-0.05, 0) is 20.8 Å². The molecule has 1 aliphatic heterocycles. The van der Waals surface area contributed by atoms with Crippen LogP contribution in [0, 0.1) is 0 Å². The Morgan fingerprint density at radius 3 is 2.53 bits per heavy atom. The van der Waals surface area contributed by atoms with Gasteiger partial charge in [0.1, 0.15) is 12.2 Å². The van der Waals surface area contributed by atoms with Gasteiger partial charge < -0.3 is 14.2 Å². The summed E-state index contributed by atoms with van der Waals surface area (Å²) in [6.07, 6.45) is -1.62. The average Bonchev–Trinajstić information content (AvgIpc) is 2.48. The summed E-state index contributed by atoms with van der Waals surface area (Å²) in [7, 11) is 1.22. The molecule has 7 nitrogen and oxygen atoms in total. The van der Waals surface area contributed by atoms with Crippen LogP contribution in [-0.4, -0.2) is 61.3 Å². The van der Waals surface area contributed by atoms with Crippen molar-refractivity contribution in [1.29, 1.82) is 0 Å². The maximum Gasteiger partial charge on any atom is 0.410 e. The maximum atomic E-state index is 11.9. The number of Topliss-reactive ketones (excluding diaryl/α,β-unsaturated/α-hetero) is 1. The van der Waals surface area contributed by atoms with Crippen LogP contribution < -0.4 is 0 Å². The summed E-state index contributed by atoms with van der Waals surface area (Å²) in [6, 6.07) is 0. The molecular formula is C12H19NO6. The lowest BCUT2D eigenvalue weighted by Gasteiger charge is -2.26. The lowest BCUT2D eigenvalue weighted by atomic mass is 10.2. The van der Waals surface area contributed by atoms with E-state index in [0.717, 1.165) is 4.90 Å². The molecular weight excluding hydrogens is 254 g/mol. The van der Waals surface area contributed by atoms with E-state index in [1.807, 2.05) is 0 Å². The predicted molar refractivity (Wildman–Crippen MR) is 64.6 cm³/mol. The topological polar surface area (TPSA) is 82.1 Å². The molecule has 0 aromatic carbocycles. The van der Waals surface area contributed by atoms with Gasteiger partial charge >= 0.3 is 12.1 Å². The zero-order valence-corrected chi connectivity index (χ0v) is 11.6. The van der Waals surface area contributed by atoms with Gasteiger partial charge in [-0.25, -0.2) is 9.59 Å². The quantitative estimate of drug-likeness (QED) is 0.642. The Kier molecular flexibility index (Phi) is 4.88. The number of esters is 1. The molecule has 108 valence electrons. The fraction of sp³-hybridized carbons (Fsp3) is 0.750. The molecule has 0 radical (unpaired) electrons. The number of ether oxygens (including phenoxy) is 3. The molecule has 0 aromatic heterocycles. The Morgan fingerprint density at radius 1 is 1.37 bits per heavy atom. The second-order valence-corrected chi connectivity index (χ2v) is 5.22. The number of hydrogen-bond acceptors (Lipinski definition) is 6. The van der Waals surface area contributed by atoms with Crippen LogP contribution in [0.1, 0.15) is 20.8 Å². The van der Waals surface area contributed by atoms with Crippen molar-refractivity contribution in [2.45, 2.75) is 32.5 Å². The third kappa shape index (κ3) is 4.86. The van der Waals surface area contributed by atoms with E-state index >= 15 is 0 Å². The molecule has 19 heavy (non-hydrogen) atoms. The molecule has 0 N–H and O–H groups in total. The number of hydrogen-bond donors (Lipinski definition) is 0. The van der Waals surface area contributed by atoms with E-state index < -0.39 is 23.8 Å². The number of nitrogens with zero attached hydrogens (tertiary/aromatic N) is 1. The Bertz CT molecular complexity index is 373. The molecule has 0 saturated carbocycles. The summed E-state index contributed by atoms with van der Waals surface area (Å²) in [4.78, 5) is 36.0. The predicted octanol–water partition coefficient (Wildman–Crippen LogP) is 0.364. The van der Waals surface area contributed by atoms with E-state index in [1.54, 1.807) is 20.8 Å². The molecule has 1 atom stereocenters. The Labute approximate surface area is 111 Å². The third-order valence-electron chi connectivity index (χ3n) is 2.31. The SMILES string of the molecule is COC(=O)[C@@H]1CN(C(=O)OC(C)(C)C)CC(=O)CO1. The molecule has 0 unspecified atom stereocenters. The molecule has 1 heterocycles. The molecule has 7 heteroatoms. The Balaban J connectivity index is 2.77. The zero-order valence-electron chi connectivity index (χ0n) is 11.6. The summed E-state index contributed by atoms with van der Waals surface area (Å²) < 4.78 is 14.8. The van der Waals surface area contributed by atoms with E-state index in [0.29, 0.717) is 0 Å². The summed E-state index contributed by atoms with van der Waals surface area (Å²) in [5.41, 5.74) is -0.673. The van der Waals surface area contributed by atoms with E-state index in [1.165, 1.54) is 7.11 Å². The van der Waals surface area contributed by atoms with Crippen LogP contribution in [0.3, 0.4) is 0 Å². The van der Waals surface area contributed by atoms with Gasteiger partial charge in [-0.2, -0.15) is 0 Å². The molecule has 0 bridgehead atoms. The van der Waals surface area contributed by atoms with Crippen LogP contribution in [0.5, 0.6) is 0 Å². The van der Waals surface area contributed by atoms with Crippen LogP contribution in [-0.2, 0) is 23.8 Å². The molecule has 1 aliphatic rings. The van der Waals surface area contributed by atoms with Crippen molar-refractivity contribution in [3.63, 3.8) is 0 Å². The monoisotopic (exact) mass is 273 g/mol.